The lowest BCUT2D eigenvalue weighted by atomic mass is 10.1. The molecule has 0 bridgehead atoms. The number of carboxylic acids is 1. The highest BCUT2D eigenvalue weighted by Gasteiger charge is 2.39. The van der Waals surface area contributed by atoms with E-state index in [4.69, 9.17) is 5.11 Å². The topological polar surface area (TPSA) is 121 Å². The molecule has 21 heavy (non-hydrogen) atoms. The Morgan fingerprint density at radius 1 is 1.43 bits per heavy atom. The number of carboxylic acid groups (broad SMARTS) is 1. The summed E-state index contributed by atoms with van der Waals surface area (Å²) in [6.07, 6.45) is -0.985. The van der Waals surface area contributed by atoms with Crippen LogP contribution in [0.25, 0.3) is 0 Å². The van der Waals surface area contributed by atoms with Gasteiger partial charge in [-0.05, 0) is 22.0 Å². The van der Waals surface area contributed by atoms with Gasteiger partial charge in [0.2, 0.25) is 0 Å². The third-order valence-electron chi connectivity index (χ3n) is 3.22. The van der Waals surface area contributed by atoms with Crippen LogP contribution in [0.15, 0.2) is 22.7 Å². The van der Waals surface area contributed by atoms with Crippen molar-refractivity contribution in [3.8, 4) is 0 Å². The van der Waals surface area contributed by atoms with Crippen LogP contribution in [-0.4, -0.2) is 50.6 Å². The van der Waals surface area contributed by atoms with Gasteiger partial charge in [-0.15, -0.1) is 0 Å². The number of benzene rings is 1. The SMILES string of the molecule is O=C(O)[C@H]1C[C@@H](O)CN1C(=O)c1cc([N+](=O)[O-])ccc1Br. The summed E-state index contributed by atoms with van der Waals surface area (Å²) in [6, 6.07) is 2.52. The number of aliphatic hydroxyl groups is 1. The number of carbonyl (C=O) groups excluding carboxylic acids is 1. The van der Waals surface area contributed by atoms with Crippen molar-refractivity contribution in [2.45, 2.75) is 18.6 Å². The van der Waals surface area contributed by atoms with E-state index in [2.05, 4.69) is 15.9 Å². The van der Waals surface area contributed by atoms with E-state index in [1.807, 2.05) is 0 Å². The maximum atomic E-state index is 12.4. The number of halogens is 1. The minimum Gasteiger partial charge on any atom is -0.480 e. The number of likely N-dealkylation sites (tertiary alicyclic amines) is 1. The number of nitro benzene ring substituents is 1. The molecule has 2 rings (SSSR count). The fourth-order valence-corrected chi connectivity index (χ4v) is 2.63. The average molecular weight is 359 g/mol. The van der Waals surface area contributed by atoms with Crippen LogP contribution >= 0.6 is 15.9 Å². The molecule has 1 aliphatic rings. The number of rotatable bonds is 3. The first-order valence-corrected chi connectivity index (χ1v) is 6.76. The number of carbonyl (C=O) groups is 2. The molecule has 1 heterocycles. The van der Waals surface area contributed by atoms with Crippen LogP contribution in [0.5, 0.6) is 0 Å². The molecule has 0 unspecified atom stereocenters. The summed E-state index contributed by atoms with van der Waals surface area (Å²) in [5.41, 5.74) is -0.280. The second-order valence-corrected chi connectivity index (χ2v) is 5.48. The Kier molecular flexibility index (Phi) is 4.24. The number of aliphatic hydroxyl groups excluding tert-OH is 1. The molecule has 0 radical (unpaired) electrons. The highest BCUT2D eigenvalue weighted by molar-refractivity contribution is 9.10. The van der Waals surface area contributed by atoms with Gasteiger partial charge in [0.1, 0.15) is 6.04 Å². The van der Waals surface area contributed by atoms with Gasteiger partial charge in [0, 0.05) is 29.6 Å². The molecule has 1 aliphatic heterocycles. The number of nitro groups is 1. The molecule has 1 aromatic rings. The summed E-state index contributed by atoms with van der Waals surface area (Å²) in [6.45, 7) is -0.120. The molecule has 1 saturated heterocycles. The van der Waals surface area contributed by atoms with Crippen LogP contribution in [0.3, 0.4) is 0 Å². The monoisotopic (exact) mass is 358 g/mol. The zero-order chi connectivity index (χ0) is 15.7. The van der Waals surface area contributed by atoms with Crippen molar-refractivity contribution in [3.63, 3.8) is 0 Å². The van der Waals surface area contributed by atoms with E-state index in [9.17, 15) is 24.8 Å². The lowest BCUT2D eigenvalue weighted by Gasteiger charge is -2.21. The molecule has 8 nitrogen and oxygen atoms in total. The predicted octanol–water partition coefficient (Wildman–Crippen LogP) is 1.02. The van der Waals surface area contributed by atoms with Gasteiger partial charge < -0.3 is 15.1 Å². The second-order valence-electron chi connectivity index (χ2n) is 4.62. The summed E-state index contributed by atoms with van der Waals surface area (Å²) in [5, 5.41) is 29.4. The molecule has 0 saturated carbocycles. The Bertz CT molecular complexity index is 620. The van der Waals surface area contributed by atoms with Gasteiger partial charge in [-0.25, -0.2) is 4.79 Å². The third kappa shape index (κ3) is 3.03. The van der Waals surface area contributed by atoms with E-state index in [1.165, 1.54) is 12.1 Å². The Morgan fingerprint density at radius 2 is 2.10 bits per heavy atom. The Morgan fingerprint density at radius 3 is 2.67 bits per heavy atom. The van der Waals surface area contributed by atoms with Gasteiger partial charge in [-0.3, -0.25) is 14.9 Å². The van der Waals surface area contributed by atoms with E-state index in [0.29, 0.717) is 4.47 Å². The van der Waals surface area contributed by atoms with Crippen molar-refractivity contribution in [3.05, 3.63) is 38.3 Å². The predicted molar refractivity (Wildman–Crippen MR) is 73.9 cm³/mol. The molecular weight excluding hydrogens is 348 g/mol. The molecule has 1 amide bonds. The Labute approximate surface area is 127 Å². The van der Waals surface area contributed by atoms with Crippen LogP contribution in [0.1, 0.15) is 16.8 Å². The van der Waals surface area contributed by atoms with E-state index < -0.39 is 28.9 Å². The number of non-ortho nitro benzene ring substituents is 1. The molecule has 0 aromatic heterocycles. The van der Waals surface area contributed by atoms with Crippen molar-refractivity contribution < 1.29 is 24.7 Å². The molecule has 1 fully saturated rings. The van der Waals surface area contributed by atoms with Gasteiger partial charge in [-0.1, -0.05) is 0 Å². The van der Waals surface area contributed by atoms with Crippen LogP contribution in [0.4, 0.5) is 5.69 Å². The van der Waals surface area contributed by atoms with Crippen LogP contribution in [0, 0.1) is 10.1 Å². The second kappa shape index (κ2) is 5.78. The fourth-order valence-electron chi connectivity index (χ4n) is 2.22. The van der Waals surface area contributed by atoms with E-state index >= 15 is 0 Å². The number of hydrogen-bond acceptors (Lipinski definition) is 5. The fraction of sp³-hybridized carbons (Fsp3) is 0.333. The van der Waals surface area contributed by atoms with Gasteiger partial charge in [-0.2, -0.15) is 0 Å². The zero-order valence-electron chi connectivity index (χ0n) is 10.6. The summed E-state index contributed by atoms with van der Waals surface area (Å²) in [7, 11) is 0. The highest BCUT2D eigenvalue weighted by Crippen LogP contribution is 2.27. The maximum Gasteiger partial charge on any atom is 0.326 e. The quantitative estimate of drug-likeness (QED) is 0.614. The van der Waals surface area contributed by atoms with Gasteiger partial charge in [0.05, 0.1) is 16.6 Å². The lowest BCUT2D eigenvalue weighted by Crippen LogP contribution is -2.40. The molecule has 112 valence electrons. The van der Waals surface area contributed by atoms with Gasteiger partial charge >= 0.3 is 5.97 Å². The van der Waals surface area contributed by atoms with Crippen molar-refractivity contribution in [2.75, 3.05) is 6.54 Å². The summed E-state index contributed by atoms with van der Waals surface area (Å²) >= 11 is 3.12. The van der Waals surface area contributed by atoms with Gasteiger partial charge in [0.25, 0.3) is 11.6 Å². The first-order chi connectivity index (χ1) is 9.81. The lowest BCUT2D eigenvalue weighted by molar-refractivity contribution is -0.384. The highest BCUT2D eigenvalue weighted by atomic mass is 79.9. The normalized spacial score (nSPS) is 21.3. The molecular formula is C12H11BrN2O6. The molecule has 2 atom stereocenters. The van der Waals surface area contributed by atoms with Crippen LogP contribution in [0.2, 0.25) is 0 Å². The first-order valence-electron chi connectivity index (χ1n) is 5.97. The van der Waals surface area contributed by atoms with Crippen LogP contribution in [-0.2, 0) is 4.79 Å². The number of β-amino-alcohol motifs (C(OH)–C–C–N with tert-alkyl or cyclic N) is 1. The Balaban J connectivity index is 2.37. The summed E-state index contributed by atoms with van der Waals surface area (Å²) in [5.74, 6) is -1.89. The van der Waals surface area contributed by atoms with Crippen molar-refractivity contribution in [1.82, 2.24) is 4.90 Å². The minimum absolute atomic E-state index is 0.00968. The van der Waals surface area contributed by atoms with Crippen LogP contribution < -0.4 is 0 Å². The molecule has 0 aliphatic carbocycles. The smallest absolute Gasteiger partial charge is 0.326 e. The number of nitrogens with zero attached hydrogens (tertiary/aromatic N) is 2. The summed E-state index contributed by atoms with van der Waals surface area (Å²) in [4.78, 5) is 34.7. The largest absolute Gasteiger partial charge is 0.480 e. The molecule has 9 heteroatoms. The third-order valence-corrected chi connectivity index (χ3v) is 3.91. The molecule has 0 spiro atoms. The van der Waals surface area contributed by atoms with E-state index in [-0.39, 0.29) is 24.2 Å². The van der Waals surface area contributed by atoms with Gasteiger partial charge in [0.15, 0.2) is 0 Å². The average Bonchev–Trinajstić information content (AvgIpc) is 2.80. The zero-order valence-corrected chi connectivity index (χ0v) is 12.2. The van der Waals surface area contributed by atoms with Crippen molar-refractivity contribution in [2.24, 2.45) is 0 Å². The first kappa shape index (κ1) is 15.4. The maximum absolute atomic E-state index is 12.4. The van der Waals surface area contributed by atoms with Crippen molar-refractivity contribution in [1.29, 1.82) is 0 Å². The number of amides is 1. The molecule has 2 N–H and O–H groups in total. The van der Waals surface area contributed by atoms with E-state index in [1.54, 1.807) is 0 Å². The van der Waals surface area contributed by atoms with Crippen molar-refractivity contribution >= 4 is 33.5 Å². The standard InChI is InChI=1S/C12H11BrN2O6/c13-9-2-1-6(15(20)21)3-8(9)11(17)14-5-7(16)4-10(14)12(18)19/h1-3,7,10,16H,4-5H2,(H,18,19)/t7-,10-/m1/s1. The minimum atomic E-state index is -1.22. The summed E-state index contributed by atoms with van der Waals surface area (Å²) < 4.78 is 0.323. The van der Waals surface area contributed by atoms with E-state index in [0.717, 1.165) is 11.0 Å². The Hall–Kier alpha value is -2.00. The number of aliphatic carboxylic acids is 1. The molecule has 1 aromatic carbocycles. The number of hydrogen-bond donors (Lipinski definition) is 2.